The maximum atomic E-state index is 9.72. The van der Waals surface area contributed by atoms with Crippen LogP contribution in [0.25, 0.3) is 0 Å². The van der Waals surface area contributed by atoms with Crippen molar-refractivity contribution in [3.8, 4) is 0 Å². The number of aliphatic hydroxyl groups excluding tert-OH is 1. The second-order valence-electron chi connectivity index (χ2n) is 6.07. The number of hydrogen-bond donors (Lipinski definition) is 2. The Morgan fingerprint density at radius 2 is 1.54 bits per heavy atom. The molecule has 0 aromatic rings. The zero-order valence-electron chi connectivity index (χ0n) is 9.94. The molecule has 0 bridgehead atoms. The predicted molar refractivity (Wildman–Crippen MR) is 57.8 cm³/mol. The van der Waals surface area contributed by atoms with Crippen molar-refractivity contribution in [1.82, 2.24) is 5.32 Å². The summed E-state index contributed by atoms with van der Waals surface area (Å²) in [5.41, 5.74) is 0.266. The minimum Gasteiger partial charge on any atom is -0.391 e. The summed E-state index contributed by atoms with van der Waals surface area (Å²) in [6.45, 7) is 14.3. The van der Waals surface area contributed by atoms with E-state index in [9.17, 15) is 5.11 Å². The van der Waals surface area contributed by atoms with Crippen LogP contribution in [-0.2, 0) is 0 Å². The lowest BCUT2D eigenvalue weighted by atomic mass is 9.89. The molecule has 2 nitrogen and oxygen atoms in total. The molecule has 1 atom stereocenters. The van der Waals surface area contributed by atoms with Crippen molar-refractivity contribution in [2.45, 2.75) is 47.6 Å². The van der Waals surface area contributed by atoms with Gasteiger partial charge in [-0.3, -0.25) is 0 Å². The van der Waals surface area contributed by atoms with Gasteiger partial charge in [-0.25, -0.2) is 0 Å². The van der Waals surface area contributed by atoms with E-state index >= 15 is 0 Å². The van der Waals surface area contributed by atoms with Crippen LogP contribution in [0.4, 0.5) is 0 Å². The first kappa shape index (κ1) is 12.9. The molecule has 0 aliphatic carbocycles. The zero-order chi connectivity index (χ0) is 10.7. The fourth-order valence-electron chi connectivity index (χ4n) is 0.890. The molecule has 2 N–H and O–H groups in total. The van der Waals surface area contributed by atoms with Crippen molar-refractivity contribution in [3.05, 3.63) is 0 Å². The first-order valence-electron chi connectivity index (χ1n) is 5.02. The van der Waals surface area contributed by atoms with Crippen LogP contribution in [0.5, 0.6) is 0 Å². The summed E-state index contributed by atoms with van der Waals surface area (Å²) in [5.74, 6) is 0. The molecule has 0 saturated carbocycles. The molecule has 0 saturated heterocycles. The summed E-state index contributed by atoms with van der Waals surface area (Å²) in [6, 6.07) is 0. The lowest BCUT2D eigenvalue weighted by molar-refractivity contribution is 0.0612. The number of aliphatic hydroxyl groups is 1. The van der Waals surface area contributed by atoms with Crippen LogP contribution in [0.15, 0.2) is 0 Å². The molecule has 0 fully saturated rings. The smallest absolute Gasteiger partial charge is 0.0712 e. The quantitative estimate of drug-likeness (QED) is 0.708. The number of nitrogens with one attached hydrogen (secondary N) is 1. The molecule has 13 heavy (non-hydrogen) atoms. The van der Waals surface area contributed by atoms with Gasteiger partial charge in [0.2, 0.25) is 0 Å². The van der Waals surface area contributed by atoms with Crippen molar-refractivity contribution in [2.24, 2.45) is 10.8 Å². The van der Waals surface area contributed by atoms with Crippen LogP contribution in [0.2, 0.25) is 0 Å². The van der Waals surface area contributed by atoms with Crippen LogP contribution in [0.3, 0.4) is 0 Å². The molecular weight excluding hydrogens is 162 g/mol. The van der Waals surface area contributed by atoms with E-state index in [0.717, 1.165) is 6.54 Å². The van der Waals surface area contributed by atoms with Crippen molar-refractivity contribution >= 4 is 0 Å². The molecule has 0 aliphatic rings. The van der Waals surface area contributed by atoms with E-state index in [1.807, 2.05) is 0 Å². The number of hydrogen-bond acceptors (Lipinski definition) is 2. The third-order valence-corrected chi connectivity index (χ3v) is 1.99. The Morgan fingerprint density at radius 3 is 1.85 bits per heavy atom. The van der Waals surface area contributed by atoms with E-state index in [1.165, 1.54) is 0 Å². The first-order valence-corrected chi connectivity index (χ1v) is 5.02. The highest BCUT2D eigenvalue weighted by Gasteiger charge is 2.22. The summed E-state index contributed by atoms with van der Waals surface area (Å²) in [6.07, 6.45) is -0.269. The topological polar surface area (TPSA) is 32.3 Å². The van der Waals surface area contributed by atoms with Crippen molar-refractivity contribution in [1.29, 1.82) is 0 Å². The van der Waals surface area contributed by atoms with Gasteiger partial charge in [0.05, 0.1) is 6.10 Å². The van der Waals surface area contributed by atoms with Gasteiger partial charge < -0.3 is 10.4 Å². The van der Waals surface area contributed by atoms with Crippen LogP contribution < -0.4 is 5.32 Å². The van der Waals surface area contributed by atoms with E-state index in [4.69, 9.17) is 0 Å². The van der Waals surface area contributed by atoms with E-state index in [2.05, 4.69) is 46.9 Å². The fraction of sp³-hybridized carbons (Fsp3) is 1.00. The third kappa shape index (κ3) is 7.03. The maximum absolute atomic E-state index is 9.72. The second-order valence-corrected chi connectivity index (χ2v) is 6.07. The van der Waals surface area contributed by atoms with Gasteiger partial charge in [-0.1, -0.05) is 41.5 Å². The predicted octanol–water partition coefficient (Wildman–Crippen LogP) is 2.03. The summed E-state index contributed by atoms with van der Waals surface area (Å²) >= 11 is 0. The second kappa shape index (κ2) is 4.43. The lowest BCUT2D eigenvalue weighted by Gasteiger charge is -2.27. The molecule has 1 unspecified atom stereocenters. The van der Waals surface area contributed by atoms with Crippen LogP contribution in [0, 0.1) is 10.8 Å². The Balaban J connectivity index is 3.67. The molecule has 0 aliphatic heterocycles. The minimum atomic E-state index is -0.269. The Kier molecular flexibility index (Phi) is 4.40. The largest absolute Gasteiger partial charge is 0.391 e. The van der Waals surface area contributed by atoms with Gasteiger partial charge in [-0.2, -0.15) is 0 Å². The van der Waals surface area contributed by atoms with Gasteiger partial charge in [0.25, 0.3) is 0 Å². The van der Waals surface area contributed by atoms with Gasteiger partial charge >= 0.3 is 0 Å². The van der Waals surface area contributed by atoms with Crippen molar-refractivity contribution in [3.63, 3.8) is 0 Å². The highest BCUT2D eigenvalue weighted by Crippen LogP contribution is 2.18. The summed E-state index contributed by atoms with van der Waals surface area (Å²) in [4.78, 5) is 0. The van der Waals surface area contributed by atoms with Gasteiger partial charge in [0, 0.05) is 13.1 Å². The molecule has 0 spiro atoms. The average molecular weight is 187 g/mol. The summed E-state index contributed by atoms with van der Waals surface area (Å²) < 4.78 is 0. The van der Waals surface area contributed by atoms with Gasteiger partial charge in [-0.15, -0.1) is 0 Å². The SMILES string of the molecule is CC(C)(C)CNCC(O)C(C)(C)C. The minimum absolute atomic E-state index is 0.0229. The summed E-state index contributed by atoms with van der Waals surface area (Å²) in [7, 11) is 0. The molecular formula is C11H25NO. The highest BCUT2D eigenvalue weighted by atomic mass is 16.3. The normalized spacial score (nSPS) is 15.9. The molecule has 0 heterocycles. The Morgan fingerprint density at radius 1 is 1.08 bits per heavy atom. The van der Waals surface area contributed by atoms with E-state index in [-0.39, 0.29) is 16.9 Å². The standard InChI is InChI=1S/C11H25NO/c1-10(2,3)8-12-7-9(13)11(4,5)6/h9,12-13H,7-8H2,1-6H3. The van der Waals surface area contributed by atoms with Crippen molar-refractivity contribution < 1.29 is 5.11 Å². The van der Waals surface area contributed by atoms with Gasteiger partial charge in [0.15, 0.2) is 0 Å². The van der Waals surface area contributed by atoms with Gasteiger partial charge in [-0.05, 0) is 10.8 Å². The number of rotatable bonds is 3. The zero-order valence-corrected chi connectivity index (χ0v) is 9.94. The van der Waals surface area contributed by atoms with Crippen LogP contribution in [-0.4, -0.2) is 24.3 Å². The van der Waals surface area contributed by atoms with Crippen LogP contribution in [0.1, 0.15) is 41.5 Å². The highest BCUT2D eigenvalue weighted by molar-refractivity contribution is 4.76. The summed E-state index contributed by atoms with van der Waals surface area (Å²) in [5, 5.41) is 13.0. The molecule has 2 heteroatoms. The lowest BCUT2D eigenvalue weighted by Crippen LogP contribution is -2.39. The Labute approximate surface area is 82.7 Å². The fourth-order valence-corrected chi connectivity index (χ4v) is 0.890. The van der Waals surface area contributed by atoms with E-state index in [1.54, 1.807) is 0 Å². The monoisotopic (exact) mass is 187 g/mol. The average Bonchev–Trinajstić information content (AvgIpc) is 1.82. The molecule has 0 aromatic carbocycles. The molecule has 80 valence electrons. The van der Waals surface area contributed by atoms with Crippen molar-refractivity contribution in [2.75, 3.05) is 13.1 Å². The van der Waals surface area contributed by atoms with Crippen LogP contribution >= 0.6 is 0 Å². The Hall–Kier alpha value is -0.0800. The maximum Gasteiger partial charge on any atom is 0.0712 e. The van der Waals surface area contributed by atoms with Gasteiger partial charge in [0.1, 0.15) is 0 Å². The third-order valence-electron chi connectivity index (χ3n) is 1.99. The molecule has 0 rings (SSSR count). The Bertz CT molecular complexity index is 141. The molecule has 0 radical (unpaired) electrons. The molecule has 0 aromatic heterocycles. The first-order chi connectivity index (χ1) is 5.63. The van der Waals surface area contributed by atoms with E-state index < -0.39 is 0 Å². The van der Waals surface area contributed by atoms with E-state index in [0.29, 0.717) is 6.54 Å². The molecule has 0 amide bonds.